The van der Waals surface area contributed by atoms with Gasteiger partial charge in [-0.2, -0.15) is 0 Å². The second-order valence-electron chi connectivity index (χ2n) is 6.50. The van der Waals surface area contributed by atoms with Crippen LogP contribution in [0, 0.1) is 5.92 Å². The van der Waals surface area contributed by atoms with Crippen LogP contribution in [-0.2, 0) is 23.1 Å². The molecule has 2 aliphatic carbocycles. The van der Waals surface area contributed by atoms with E-state index in [4.69, 9.17) is 9.72 Å². The lowest BCUT2D eigenvalue weighted by atomic mass is 9.95. The molecular weight excluding hydrogens is 268 g/mol. The zero-order valence-corrected chi connectivity index (χ0v) is 13.5. The summed E-state index contributed by atoms with van der Waals surface area (Å²) in [4.78, 5) is 6.54. The van der Waals surface area contributed by atoms with Crippen LogP contribution in [0.15, 0.2) is 0 Å². The van der Waals surface area contributed by atoms with Gasteiger partial charge in [-0.1, -0.05) is 12.8 Å². The molecule has 112 valence electrons. The van der Waals surface area contributed by atoms with Crippen LogP contribution in [0.2, 0.25) is 0 Å². The highest BCUT2D eigenvalue weighted by atomic mass is 32.1. The molecule has 0 radical (unpaired) electrons. The number of hydrogen-bond donors (Lipinski definition) is 1. The summed E-state index contributed by atoms with van der Waals surface area (Å²) in [5, 5.41) is 5.03. The van der Waals surface area contributed by atoms with E-state index in [9.17, 15) is 0 Å². The first-order valence-electron chi connectivity index (χ1n) is 7.94. The standard InChI is InChI=1S/C16H26N2OS/c1-16(11-12-7-8-12,17-9-10-19-2)15-18-13-5-3-4-6-14(13)20-15/h12,17H,3-11H2,1-2H3. The molecule has 1 N–H and O–H groups in total. The Hall–Kier alpha value is -0.450. The van der Waals surface area contributed by atoms with Crippen molar-refractivity contribution < 1.29 is 4.74 Å². The topological polar surface area (TPSA) is 34.1 Å². The van der Waals surface area contributed by atoms with Crippen LogP contribution in [0.3, 0.4) is 0 Å². The molecule has 0 aliphatic heterocycles. The molecule has 0 aromatic carbocycles. The smallest absolute Gasteiger partial charge is 0.113 e. The van der Waals surface area contributed by atoms with E-state index in [1.165, 1.54) is 55.6 Å². The minimum Gasteiger partial charge on any atom is -0.383 e. The van der Waals surface area contributed by atoms with Crippen LogP contribution in [0.5, 0.6) is 0 Å². The molecule has 20 heavy (non-hydrogen) atoms. The van der Waals surface area contributed by atoms with E-state index in [0.29, 0.717) is 0 Å². The molecule has 1 atom stereocenters. The van der Waals surface area contributed by atoms with Crippen LogP contribution in [0.25, 0.3) is 0 Å². The fourth-order valence-electron chi connectivity index (χ4n) is 3.15. The molecule has 1 aromatic rings. The second kappa shape index (κ2) is 6.12. The van der Waals surface area contributed by atoms with Crippen LogP contribution in [0.1, 0.15) is 54.6 Å². The fourth-order valence-corrected chi connectivity index (χ4v) is 4.43. The summed E-state index contributed by atoms with van der Waals surface area (Å²) in [6.45, 7) is 4.01. The number of aryl methyl sites for hydroxylation is 2. The molecule has 0 saturated heterocycles. The van der Waals surface area contributed by atoms with E-state index in [1.54, 1.807) is 12.0 Å². The molecule has 2 aliphatic rings. The SMILES string of the molecule is COCCNC(C)(CC1CC1)c1nc2c(s1)CCCC2. The zero-order chi connectivity index (χ0) is 14.0. The Bertz CT molecular complexity index is 432. The summed E-state index contributed by atoms with van der Waals surface area (Å²) in [5.41, 5.74) is 1.42. The van der Waals surface area contributed by atoms with Crippen molar-refractivity contribution in [3.63, 3.8) is 0 Å². The molecule has 0 amide bonds. The third-order valence-corrected chi connectivity index (χ3v) is 5.95. The summed E-state index contributed by atoms with van der Waals surface area (Å²) in [6.07, 6.45) is 9.09. The average molecular weight is 294 g/mol. The predicted octanol–water partition coefficient (Wildman–Crippen LogP) is 3.27. The molecule has 0 bridgehead atoms. The van der Waals surface area contributed by atoms with Gasteiger partial charge in [0.2, 0.25) is 0 Å². The second-order valence-corrected chi connectivity index (χ2v) is 7.58. The monoisotopic (exact) mass is 294 g/mol. The molecule has 1 unspecified atom stereocenters. The Morgan fingerprint density at radius 1 is 1.35 bits per heavy atom. The van der Waals surface area contributed by atoms with Gasteiger partial charge in [-0.05, 0) is 44.9 Å². The molecule has 1 saturated carbocycles. The lowest BCUT2D eigenvalue weighted by molar-refractivity contribution is 0.182. The summed E-state index contributed by atoms with van der Waals surface area (Å²) in [7, 11) is 1.77. The first-order chi connectivity index (χ1) is 9.71. The Labute approximate surface area is 126 Å². The number of ether oxygens (including phenoxy) is 1. The van der Waals surface area contributed by atoms with E-state index in [0.717, 1.165) is 19.1 Å². The van der Waals surface area contributed by atoms with Crippen molar-refractivity contribution in [2.45, 2.75) is 57.4 Å². The molecule has 3 rings (SSSR count). The van der Waals surface area contributed by atoms with Gasteiger partial charge in [-0.15, -0.1) is 11.3 Å². The maximum atomic E-state index is 5.20. The molecule has 1 heterocycles. The predicted molar refractivity (Wildman–Crippen MR) is 83.3 cm³/mol. The van der Waals surface area contributed by atoms with Crippen molar-refractivity contribution in [2.75, 3.05) is 20.3 Å². The number of hydrogen-bond acceptors (Lipinski definition) is 4. The van der Waals surface area contributed by atoms with Crippen molar-refractivity contribution in [3.05, 3.63) is 15.6 Å². The van der Waals surface area contributed by atoms with Crippen LogP contribution >= 0.6 is 11.3 Å². The lowest BCUT2D eigenvalue weighted by Gasteiger charge is -2.29. The molecule has 1 aromatic heterocycles. The largest absolute Gasteiger partial charge is 0.383 e. The van der Waals surface area contributed by atoms with E-state index in [1.807, 2.05) is 11.3 Å². The molecule has 4 heteroatoms. The maximum absolute atomic E-state index is 5.20. The number of methoxy groups -OCH3 is 1. The maximum Gasteiger partial charge on any atom is 0.113 e. The Balaban J connectivity index is 1.77. The first kappa shape index (κ1) is 14.5. The normalized spacial score (nSPS) is 21.5. The van der Waals surface area contributed by atoms with Gasteiger partial charge in [-0.3, -0.25) is 0 Å². The van der Waals surface area contributed by atoms with Gasteiger partial charge in [0.25, 0.3) is 0 Å². The van der Waals surface area contributed by atoms with Crippen molar-refractivity contribution in [2.24, 2.45) is 5.92 Å². The summed E-state index contributed by atoms with van der Waals surface area (Å²) < 4.78 is 5.20. The number of nitrogens with one attached hydrogen (secondary N) is 1. The Morgan fingerprint density at radius 3 is 2.85 bits per heavy atom. The Morgan fingerprint density at radius 2 is 2.15 bits per heavy atom. The van der Waals surface area contributed by atoms with Gasteiger partial charge in [-0.25, -0.2) is 4.98 Å². The van der Waals surface area contributed by atoms with E-state index in [-0.39, 0.29) is 5.54 Å². The van der Waals surface area contributed by atoms with Crippen LogP contribution in [0.4, 0.5) is 0 Å². The van der Waals surface area contributed by atoms with E-state index in [2.05, 4.69) is 12.2 Å². The highest BCUT2D eigenvalue weighted by molar-refractivity contribution is 7.11. The van der Waals surface area contributed by atoms with Crippen molar-refractivity contribution in [3.8, 4) is 0 Å². The fraction of sp³-hybridized carbons (Fsp3) is 0.812. The number of nitrogens with zero attached hydrogens (tertiary/aromatic N) is 1. The molecular formula is C16H26N2OS. The summed E-state index contributed by atoms with van der Waals surface area (Å²) in [5.74, 6) is 0.899. The van der Waals surface area contributed by atoms with Crippen molar-refractivity contribution in [1.82, 2.24) is 10.3 Å². The van der Waals surface area contributed by atoms with Crippen molar-refractivity contribution in [1.29, 1.82) is 0 Å². The van der Waals surface area contributed by atoms with Crippen LogP contribution < -0.4 is 5.32 Å². The van der Waals surface area contributed by atoms with E-state index < -0.39 is 0 Å². The molecule has 1 fully saturated rings. The molecule has 0 spiro atoms. The minimum atomic E-state index is 0.0434. The number of fused-ring (bicyclic) bond motifs is 1. The third-order valence-electron chi connectivity index (χ3n) is 4.53. The van der Waals surface area contributed by atoms with Gasteiger partial charge in [0, 0.05) is 18.5 Å². The van der Waals surface area contributed by atoms with Gasteiger partial charge >= 0.3 is 0 Å². The number of aromatic nitrogens is 1. The van der Waals surface area contributed by atoms with Gasteiger partial charge in [0.15, 0.2) is 0 Å². The first-order valence-corrected chi connectivity index (χ1v) is 8.76. The lowest BCUT2D eigenvalue weighted by Crippen LogP contribution is -2.41. The quantitative estimate of drug-likeness (QED) is 0.784. The number of rotatable bonds is 7. The summed E-state index contributed by atoms with van der Waals surface area (Å²) in [6, 6.07) is 0. The zero-order valence-electron chi connectivity index (χ0n) is 12.7. The molecule has 3 nitrogen and oxygen atoms in total. The van der Waals surface area contributed by atoms with Crippen molar-refractivity contribution >= 4 is 11.3 Å². The highest BCUT2D eigenvalue weighted by Gasteiger charge is 2.37. The van der Waals surface area contributed by atoms with Crippen LogP contribution in [-0.4, -0.2) is 25.2 Å². The Kier molecular flexibility index (Phi) is 4.43. The van der Waals surface area contributed by atoms with Gasteiger partial charge < -0.3 is 10.1 Å². The number of thiazole rings is 1. The van der Waals surface area contributed by atoms with Gasteiger partial charge in [0.1, 0.15) is 5.01 Å². The minimum absolute atomic E-state index is 0.0434. The summed E-state index contributed by atoms with van der Waals surface area (Å²) >= 11 is 1.96. The highest BCUT2D eigenvalue weighted by Crippen LogP contribution is 2.42. The third kappa shape index (κ3) is 3.23. The average Bonchev–Trinajstić information content (AvgIpc) is 3.13. The van der Waals surface area contributed by atoms with E-state index >= 15 is 0 Å². The van der Waals surface area contributed by atoms with Gasteiger partial charge in [0.05, 0.1) is 17.8 Å².